The minimum atomic E-state index is -0.228. The van der Waals surface area contributed by atoms with E-state index in [1.54, 1.807) is 11.3 Å². The summed E-state index contributed by atoms with van der Waals surface area (Å²) in [6, 6.07) is 12.8. The number of nitrogens with zero attached hydrogens (tertiary/aromatic N) is 3. The predicted octanol–water partition coefficient (Wildman–Crippen LogP) is 4.45. The zero-order chi connectivity index (χ0) is 18.8. The average Bonchev–Trinajstić information content (AvgIpc) is 3.19. The fourth-order valence-electron chi connectivity index (χ4n) is 2.84. The van der Waals surface area contributed by atoms with E-state index < -0.39 is 0 Å². The maximum Gasteiger partial charge on any atom is 0.233 e. The Hall–Kier alpha value is -2.12. The Bertz CT molecular complexity index is 914. The third-order valence-electron chi connectivity index (χ3n) is 4.56. The van der Waals surface area contributed by atoms with Gasteiger partial charge in [-0.3, -0.25) is 9.36 Å². The number of thioether (sulfide) groups is 1. The molecule has 1 amide bonds. The summed E-state index contributed by atoms with van der Waals surface area (Å²) in [6.07, 6.45) is 2.30. The molecule has 0 aliphatic heterocycles. The molecule has 4 rings (SSSR count). The van der Waals surface area contributed by atoms with E-state index in [0.29, 0.717) is 12.6 Å². The van der Waals surface area contributed by atoms with Crippen LogP contribution in [0, 0.1) is 6.92 Å². The Labute approximate surface area is 167 Å². The first kappa shape index (κ1) is 18.3. The van der Waals surface area contributed by atoms with Crippen LogP contribution in [0.3, 0.4) is 0 Å². The molecule has 5 nitrogen and oxygen atoms in total. The van der Waals surface area contributed by atoms with Gasteiger partial charge in [0.25, 0.3) is 0 Å². The lowest BCUT2D eigenvalue weighted by Gasteiger charge is -2.13. The second-order valence-electron chi connectivity index (χ2n) is 6.85. The number of benzene rings is 1. The molecule has 0 spiro atoms. The lowest BCUT2D eigenvalue weighted by atomic mass is 10.1. The van der Waals surface area contributed by atoms with Gasteiger partial charge in [0.05, 0.1) is 10.1 Å². The van der Waals surface area contributed by atoms with E-state index in [-0.39, 0.29) is 11.2 Å². The van der Waals surface area contributed by atoms with Crippen LogP contribution in [0.1, 0.15) is 36.9 Å². The molecule has 0 unspecified atom stereocenters. The van der Waals surface area contributed by atoms with Gasteiger partial charge in [0.1, 0.15) is 0 Å². The maximum atomic E-state index is 12.5. The van der Waals surface area contributed by atoms with Crippen molar-refractivity contribution in [3.05, 3.63) is 52.9 Å². The summed E-state index contributed by atoms with van der Waals surface area (Å²) < 4.78 is 2.21. The molecule has 1 fully saturated rings. The number of aromatic nitrogens is 3. The number of carbonyl (C=O) groups is 1. The van der Waals surface area contributed by atoms with Gasteiger partial charge in [-0.05, 0) is 43.7 Å². The summed E-state index contributed by atoms with van der Waals surface area (Å²) in [5.41, 5.74) is 2.32. The van der Waals surface area contributed by atoms with E-state index in [2.05, 4.69) is 50.6 Å². The molecule has 7 heteroatoms. The minimum Gasteiger partial charge on any atom is -0.351 e. The van der Waals surface area contributed by atoms with Crippen LogP contribution < -0.4 is 5.32 Å². The summed E-state index contributed by atoms with van der Waals surface area (Å²) in [5, 5.41) is 14.5. The van der Waals surface area contributed by atoms with E-state index in [1.165, 1.54) is 17.3 Å². The van der Waals surface area contributed by atoms with Crippen molar-refractivity contribution in [3.8, 4) is 10.7 Å². The molecule has 1 aromatic carbocycles. The zero-order valence-corrected chi connectivity index (χ0v) is 17.0. The first-order valence-electron chi connectivity index (χ1n) is 9.10. The summed E-state index contributed by atoms with van der Waals surface area (Å²) in [4.78, 5) is 13.7. The van der Waals surface area contributed by atoms with Gasteiger partial charge in [-0.15, -0.1) is 21.5 Å². The van der Waals surface area contributed by atoms with Gasteiger partial charge in [-0.2, -0.15) is 0 Å². The molecule has 1 N–H and O–H groups in total. The molecular formula is C20H22N4OS2. The van der Waals surface area contributed by atoms with Crippen molar-refractivity contribution in [2.45, 2.75) is 49.7 Å². The number of nitrogens with one attached hydrogen (secondary N) is 1. The van der Waals surface area contributed by atoms with Gasteiger partial charge in [0.2, 0.25) is 5.91 Å². The van der Waals surface area contributed by atoms with E-state index in [0.717, 1.165) is 34.3 Å². The molecule has 2 aromatic heterocycles. The molecule has 1 saturated carbocycles. The zero-order valence-electron chi connectivity index (χ0n) is 15.4. The average molecular weight is 399 g/mol. The minimum absolute atomic E-state index is 0.0172. The molecule has 3 aromatic rings. The van der Waals surface area contributed by atoms with Crippen LogP contribution in [-0.4, -0.2) is 25.9 Å². The fourth-order valence-corrected chi connectivity index (χ4v) is 4.49. The highest BCUT2D eigenvalue weighted by Gasteiger charge is 2.31. The third-order valence-corrected chi connectivity index (χ3v) is 6.48. The molecule has 1 atom stereocenters. The molecule has 1 aliphatic rings. The number of amides is 1. The SMILES string of the molecule is Cc1ccc(CNC(=O)[C@@H](C)Sc2nnc(-c3cccs3)n2C2CC2)cc1. The van der Waals surface area contributed by atoms with Crippen LogP contribution in [0.2, 0.25) is 0 Å². The van der Waals surface area contributed by atoms with E-state index >= 15 is 0 Å². The second-order valence-corrected chi connectivity index (χ2v) is 9.10. The molecule has 27 heavy (non-hydrogen) atoms. The van der Waals surface area contributed by atoms with Gasteiger partial charge in [0, 0.05) is 12.6 Å². The standard InChI is InChI=1S/C20H22N4OS2/c1-13-5-7-15(8-6-13)12-21-19(25)14(2)27-20-23-22-18(17-4-3-11-26-17)24(20)16-9-10-16/h3-8,11,14,16H,9-10,12H2,1-2H3,(H,21,25)/t14-/m1/s1. The number of carbonyl (C=O) groups excluding carboxylic acids is 1. The van der Waals surface area contributed by atoms with E-state index in [1.807, 2.05) is 25.1 Å². The highest BCUT2D eigenvalue weighted by molar-refractivity contribution is 8.00. The smallest absolute Gasteiger partial charge is 0.233 e. The molecule has 2 heterocycles. The van der Waals surface area contributed by atoms with Crippen molar-refractivity contribution in [1.29, 1.82) is 0 Å². The van der Waals surface area contributed by atoms with Crippen molar-refractivity contribution in [1.82, 2.24) is 20.1 Å². The Kier molecular flexibility index (Phi) is 5.31. The van der Waals surface area contributed by atoms with Gasteiger partial charge >= 0.3 is 0 Å². The monoisotopic (exact) mass is 398 g/mol. The molecule has 0 saturated heterocycles. The van der Waals surface area contributed by atoms with Crippen LogP contribution in [-0.2, 0) is 11.3 Å². The molecule has 1 aliphatic carbocycles. The first-order chi connectivity index (χ1) is 13.1. The molecule has 0 radical (unpaired) electrons. The predicted molar refractivity (Wildman–Crippen MR) is 110 cm³/mol. The van der Waals surface area contributed by atoms with Crippen LogP contribution in [0.5, 0.6) is 0 Å². The maximum absolute atomic E-state index is 12.5. The largest absolute Gasteiger partial charge is 0.351 e. The van der Waals surface area contributed by atoms with Crippen molar-refractivity contribution < 1.29 is 4.79 Å². The van der Waals surface area contributed by atoms with E-state index in [4.69, 9.17) is 0 Å². The van der Waals surface area contributed by atoms with Crippen LogP contribution in [0.4, 0.5) is 0 Å². The summed E-state index contributed by atoms with van der Waals surface area (Å²) in [5.74, 6) is 0.936. The number of hydrogen-bond acceptors (Lipinski definition) is 5. The number of hydrogen-bond donors (Lipinski definition) is 1. The molecule has 140 valence electrons. The number of rotatable bonds is 7. The van der Waals surface area contributed by atoms with Gasteiger partial charge < -0.3 is 5.32 Å². The topological polar surface area (TPSA) is 59.8 Å². The second kappa shape index (κ2) is 7.86. The van der Waals surface area contributed by atoms with E-state index in [9.17, 15) is 4.79 Å². The molecular weight excluding hydrogens is 376 g/mol. The summed E-state index contributed by atoms with van der Waals surface area (Å²) in [7, 11) is 0. The number of aryl methyl sites for hydroxylation is 1. The lowest BCUT2D eigenvalue weighted by Crippen LogP contribution is -2.30. The van der Waals surface area contributed by atoms with Crippen molar-refractivity contribution in [3.63, 3.8) is 0 Å². The van der Waals surface area contributed by atoms with Crippen molar-refractivity contribution >= 4 is 29.0 Å². The highest BCUT2D eigenvalue weighted by Crippen LogP contribution is 2.42. The Morgan fingerprint density at radius 3 is 2.74 bits per heavy atom. The van der Waals surface area contributed by atoms with Crippen LogP contribution in [0.15, 0.2) is 46.9 Å². The lowest BCUT2D eigenvalue weighted by molar-refractivity contribution is -0.120. The van der Waals surface area contributed by atoms with Gasteiger partial charge in [-0.25, -0.2) is 0 Å². The van der Waals surface area contributed by atoms with Gasteiger partial charge in [0.15, 0.2) is 11.0 Å². The van der Waals surface area contributed by atoms with Crippen LogP contribution in [0.25, 0.3) is 10.7 Å². The first-order valence-corrected chi connectivity index (χ1v) is 10.9. The third kappa shape index (κ3) is 4.25. The van der Waals surface area contributed by atoms with Crippen LogP contribution >= 0.6 is 23.1 Å². The Morgan fingerprint density at radius 1 is 1.30 bits per heavy atom. The van der Waals surface area contributed by atoms with Gasteiger partial charge in [-0.1, -0.05) is 47.7 Å². The van der Waals surface area contributed by atoms with Crippen molar-refractivity contribution in [2.75, 3.05) is 0 Å². The number of thiophene rings is 1. The highest BCUT2D eigenvalue weighted by atomic mass is 32.2. The quantitative estimate of drug-likeness (QED) is 0.598. The molecule has 0 bridgehead atoms. The summed E-state index contributed by atoms with van der Waals surface area (Å²) in [6.45, 7) is 4.52. The fraction of sp³-hybridized carbons (Fsp3) is 0.350. The Morgan fingerprint density at radius 2 is 2.07 bits per heavy atom. The van der Waals surface area contributed by atoms with Crippen molar-refractivity contribution in [2.24, 2.45) is 0 Å². The summed E-state index contributed by atoms with van der Waals surface area (Å²) >= 11 is 3.15. The normalized spacial score (nSPS) is 14.9. The Balaban J connectivity index is 1.42.